The molecule has 2 atom stereocenters. The van der Waals surface area contributed by atoms with Crippen molar-refractivity contribution in [3.8, 4) is 35.5 Å². The lowest BCUT2D eigenvalue weighted by molar-refractivity contribution is 0.0174. The summed E-state index contributed by atoms with van der Waals surface area (Å²) < 4.78 is 20.8. The number of benzene rings is 2. The van der Waals surface area contributed by atoms with E-state index in [9.17, 15) is 44.1 Å². The third kappa shape index (κ3) is 16.5. The number of rotatable bonds is 9. The highest BCUT2D eigenvalue weighted by Gasteiger charge is 2.29. The van der Waals surface area contributed by atoms with Gasteiger partial charge in [0.2, 0.25) is 0 Å². The molecule has 1 aliphatic carbocycles. The molecule has 9 rings (SSSR count). The van der Waals surface area contributed by atoms with Crippen molar-refractivity contribution < 1.29 is 43.9 Å². The number of aromatic nitrogens is 6. The van der Waals surface area contributed by atoms with Crippen LogP contribution in [0.3, 0.4) is 0 Å². The van der Waals surface area contributed by atoms with Crippen molar-refractivity contribution in [2.24, 2.45) is 33.0 Å². The number of esters is 3. The summed E-state index contributed by atoms with van der Waals surface area (Å²) >= 11 is 0. The minimum atomic E-state index is -1.40. The quantitative estimate of drug-likeness (QED) is 0.0449. The van der Waals surface area contributed by atoms with E-state index in [4.69, 9.17) is 14.2 Å². The van der Waals surface area contributed by atoms with Crippen LogP contribution in [0.25, 0.3) is 32.7 Å². The molecule has 6 aromatic heterocycles. The van der Waals surface area contributed by atoms with Crippen molar-refractivity contribution >= 4 is 50.6 Å². The summed E-state index contributed by atoms with van der Waals surface area (Å²) in [6.45, 7) is 25.5. The van der Waals surface area contributed by atoms with Crippen LogP contribution in [0.1, 0.15) is 178 Å². The molecule has 470 valence electrons. The Hall–Kier alpha value is -9.12. The summed E-state index contributed by atoms with van der Waals surface area (Å²) in [5, 5.41) is 32.9. The zero-order valence-electron chi connectivity index (χ0n) is 54.2. The molecule has 18 heteroatoms. The molecule has 1 fully saturated rings. The fourth-order valence-corrected chi connectivity index (χ4v) is 10.1. The number of nitrogens with one attached hydrogen (secondary N) is 3. The number of carbonyl (C=O) groups is 3. The van der Waals surface area contributed by atoms with Crippen LogP contribution in [0.15, 0.2) is 93.6 Å². The van der Waals surface area contributed by atoms with Crippen molar-refractivity contribution in [1.29, 1.82) is 0 Å². The van der Waals surface area contributed by atoms with Gasteiger partial charge in [0.1, 0.15) is 39.5 Å². The first-order chi connectivity index (χ1) is 41.8. The van der Waals surface area contributed by atoms with E-state index in [-0.39, 0.29) is 58.0 Å². The van der Waals surface area contributed by atoms with E-state index in [1.165, 1.54) is 13.7 Å². The van der Waals surface area contributed by atoms with Gasteiger partial charge in [0.05, 0.1) is 46.1 Å². The molecule has 89 heavy (non-hydrogen) atoms. The molecule has 1 aliphatic rings. The van der Waals surface area contributed by atoms with Gasteiger partial charge in [0, 0.05) is 73.0 Å². The van der Waals surface area contributed by atoms with Gasteiger partial charge in [-0.2, -0.15) is 0 Å². The highest BCUT2D eigenvalue weighted by Crippen LogP contribution is 2.31. The maximum absolute atomic E-state index is 13.0. The molecular formula is C71H84N6O12. The Balaban J connectivity index is 0.000000210. The van der Waals surface area contributed by atoms with Crippen molar-refractivity contribution in [2.75, 3.05) is 6.61 Å². The van der Waals surface area contributed by atoms with Crippen molar-refractivity contribution in [3.63, 3.8) is 0 Å². The Morgan fingerprint density at radius 2 is 0.910 bits per heavy atom. The summed E-state index contributed by atoms with van der Waals surface area (Å²) in [5.74, 6) is 16.8. The molecule has 1 saturated carbocycles. The SMILES string of the molecule is CC.Cc1[nH]c2c(=O)n(C)cc(C#CC(C)(C)O)c2c1C(=O)OC1CCC(C)CC1.Cc1[nH]c2c(=O)n(C)cc(C#CC(C)(O)c3ccccc3)c2c1C(=O)OC(C)C.Cc1[nH]c2c(=O)n(C)cc(C#CC(C)(O)c3ccccc3)c2c1C(=O)OCC(C)C. The standard InChI is InChI=1S/C24H26N2O4.C23H24N2O4.C22H28N2O4.C2H6/c1-15(2)14-30-23(28)19-16(3)25-21-20(19)17(13-26(5)22(21)27)11-12-24(4,29)18-9-7-6-8-10-18;1-14(2)29-22(27)18-15(3)24-20-19(18)16(13-25(5)21(20)26)11-12-23(4,28)17-9-7-6-8-10-17;1-13-6-8-16(9-7-13)28-21(26)17-14(2)23-19-18(17)15(10-11-22(3,4)27)12-24(5)20(19)25;1-2/h6-10,13,15,25,29H,14H2,1-5H3;6-10,13-14,24,28H,1-5H3;12-13,16,23,27H,6-9H2,1-5H3;1-2H3. The maximum Gasteiger partial charge on any atom is 0.340 e. The zero-order chi connectivity index (χ0) is 66.0. The number of hydrogen-bond acceptors (Lipinski definition) is 12. The van der Waals surface area contributed by atoms with Crippen LogP contribution in [-0.2, 0) is 46.6 Å². The number of aryl methyl sites for hydroxylation is 6. The number of pyridine rings is 3. The number of ether oxygens (including phenoxy) is 3. The van der Waals surface area contributed by atoms with Crippen molar-refractivity contribution in [1.82, 2.24) is 28.7 Å². The number of carbonyl (C=O) groups excluding carboxylic acids is 3. The molecule has 8 aromatic rings. The summed E-state index contributed by atoms with van der Waals surface area (Å²) in [4.78, 5) is 85.3. The lowest BCUT2D eigenvalue weighted by Crippen LogP contribution is -2.24. The minimum Gasteiger partial charge on any atom is -0.462 e. The first-order valence-electron chi connectivity index (χ1n) is 29.9. The van der Waals surface area contributed by atoms with Crippen LogP contribution in [-0.4, -0.2) is 86.3 Å². The predicted octanol–water partition coefficient (Wildman–Crippen LogP) is 10.3. The molecule has 6 N–H and O–H groups in total. The minimum absolute atomic E-state index is 0.0921. The molecule has 0 amide bonds. The highest BCUT2D eigenvalue weighted by molar-refractivity contribution is 6.09. The summed E-state index contributed by atoms with van der Waals surface area (Å²) in [6.07, 6.45) is 8.17. The van der Waals surface area contributed by atoms with Crippen LogP contribution in [0.2, 0.25) is 0 Å². The lowest BCUT2D eigenvalue weighted by Gasteiger charge is -2.26. The topological polar surface area (TPSA) is 253 Å². The lowest BCUT2D eigenvalue weighted by atomic mass is 9.89. The van der Waals surface area contributed by atoms with E-state index in [0.29, 0.717) is 83.6 Å². The first-order valence-corrected chi connectivity index (χ1v) is 29.9. The van der Waals surface area contributed by atoms with E-state index >= 15 is 0 Å². The summed E-state index contributed by atoms with van der Waals surface area (Å²) in [7, 11) is 4.87. The van der Waals surface area contributed by atoms with E-state index in [1.54, 1.807) is 126 Å². The predicted molar refractivity (Wildman–Crippen MR) is 348 cm³/mol. The van der Waals surface area contributed by atoms with Gasteiger partial charge in [-0.3, -0.25) is 14.4 Å². The number of nitrogens with zero attached hydrogens (tertiary/aromatic N) is 3. The molecule has 18 nitrogen and oxygen atoms in total. The first kappa shape index (κ1) is 69.0. The van der Waals surface area contributed by atoms with Crippen LogP contribution in [0, 0.1) is 68.1 Å². The van der Waals surface area contributed by atoms with Crippen LogP contribution < -0.4 is 16.7 Å². The average Bonchev–Trinajstić information content (AvgIpc) is 1.70. The third-order valence-electron chi connectivity index (χ3n) is 14.7. The summed E-state index contributed by atoms with van der Waals surface area (Å²) in [6, 6.07) is 18.2. The second-order valence-corrected chi connectivity index (χ2v) is 23.9. The zero-order valence-corrected chi connectivity index (χ0v) is 54.2. The number of aliphatic hydroxyl groups is 3. The molecular weight excluding hydrogens is 1130 g/mol. The fourth-order valence-electron chi connectivity index (χ4n) is 10.1. The molecule has 0 spiro atoms. The van der Waals surface area contributed by atoms with E-state index in [1.807, 2.05) is 64.1 Å². The Morgan fingerprint density at radius 3 is 1.26 bits per heavy atom. The van der Waals surface area contributed by atoms with Gasteiger partial charge in [-0.1, -0.05) is 131 Å². The third-order valence-corrected chi connectivity index (χ3v) is 14.7. The highest BCUT2D eigenvalue weighted by atomic mass is 16.5. The normalized spacial score (nSPS) is 15.0. The molecule has 0 saturated heterocycles. The van der Waals surface area contributed by atoms with Crippen LogP contribution in [0.5, 0.6) is 0 Å². The Kier molecular flexibility index (Phi) is 22.3. The number of H-pyrrole nitrogens is 3. The Labute approximate surface area is 519 Å². The van der Waals surface area contributed by atoms with E-state index < -0.39 is 34.7 Å². The number of hydrogen-bond donors (Lipinski definition) is 6. The smallest absolute Gasteiger partial charge is 0.340 e. The molecule has 0 radical (unpaired) electrons. The van der Waals surface area contributed by atoms with Gasteiger partial charge >= 0.3 is 17.9 Å². The summed E-state index contributed by atoms with van der Waals surface area (Å²) in [5.41, 5.74) is 1.47. The Morgan fingerprint density at radius 1 is 0.562 bits per heavy atom. The van der Waals surface area contributed by atoms with Crippen LogP contribution in [0.4, 0.5) is 0 Å². The molecule has 0 bridgehead atoms. The molecule has 0 aliphatic heterocycles. The van der Waals surface area contributed by atoms with Crippen LogP contribution >= 0.6 is 0 Å². The number of fused-ring (bicyclic) bond motifs is 3. The second-order valence-electron chi connectivity index (χ2n) is 23.9. The average molecular weight is 1210 g/mol. The fraction of sp³-hybridized carbons (Fsp3) is 0.408. The van der Waals surface area contributed by atoms with Gasteiger partial charge in [-0.05, 0) is 111 Å². The van der Waals surface area contributed by atoms with Crippen molar-refractivity contribution in [2.45, 2.75) is 152 Å². The van der Waals surface area contributed by atoms with Gasteiger partial charge in [0.25, 0.3) is 16.7 Å². The van der Waals surface area contributed by atoms with Gasteiger partial charge in [-0.15, -0.1) is 0 Å². The molecule has 2 aromatic carbocycles. The second kappa shape index (κ2) is 28.8. The number of aromatic amines is 3. The van der Waals surface area contributed by atoms with Gasteiger partial charge in [-0.25, -0.2) is 14.4 Å². The molecule has 6 heterocycles. The van der Waals surface area contributed by atoms with Gasteiger partial charge in [0.15, 0.2) is 0 Å². The maximum atomic E-state index is 13.0. The van der Waals surface area contributed by atoms with E-state index in [2.05, 4.69) is 57.4 Å². The largest absolute Gasteiger partial charge is 0.462 e. The van der Waals surface area contributed by atoms with Crippen molar-refractivity contribution in [3.05, 3.63) is 172 Å². The monoisotopic (exact) mass is 1210 g/mol. The van der Waals surface area contributed by atoms with E-state index in [0.717, 1.165) is 25.7 Å². The van der Waals surface area contributed by atoms with Gasteiger partial charge < -0.3 is 58.2 Å². The Bertz CT molecular complexity index is 4290. The molecule has 2 unspecified atom stereocenters.